The van der Waals surface area contributed by atoms with Gasteiger partial charge in [0.2, 0.25) is 0 Å². The predicted octanol–water partition coefficient (Wildman–Crippen LogP) is 1.65. The number of rotatable bonds is 11. The van der Waals surface area contributed by atoms with Crippen molar-refractivity contribution in [1.82, 2.24) is 9.88 Å². The van der Waals surface area contributed by atoms with Crippen LogP contribution in [-0.2, 0) is 11.3 Å². The van der Waals surface area contributed by atoms with Crippen molar-refractivity contribution in [3.63, 3.8) is 0 Å². The second-order valence-corrected chi connectivity index (χ2v) is 9.08. The third-order valence-electron chi connectivity index (χ3n) is 5.66. The first kappa shape index (κ1) is 25.0. The molecule has 1 fully saturated rings. The maximum atomic E-state index is 9.91. The van der Waals surface area contributed by atoms with Crippen LogP contribution in [0.25, 0.3) is 10.6 Å². The molecule has 178 valence electrons. The predicted molar refractivity (Wildman–Crippen MR) is 123 cm³/mol. The van der Waals surface area contributed by atoms with Crippen molar-refractivity contribution in [3.8, 4) is 16.3 Å². The van der Waals surface area contributed by atoms with Crippen LogP contribution in [-0.4, -0.2) is 88.1 Å². The number of thiazole rings is 1. The van der Waals surface area contributed by atoms with E-state index in [1.54, 1.807) is 18.4 Å². The maximum Gasteiger partial charge on any atom is 0.123 e. The molecule has 0 aliphatic carbocycles. The highest BCUT2D eigenvalue weighted by atomic mass is 32.1. The van der Waals surface area contributed by atoms with Crippen molar-refractivity contribution in [2.75, 3.05) is 33.4 Å². The fourth-order valence-electron chi connectivity index (χ4n) is 3.79. The first-order valence-corrected chi connectivity index (χ1v) is 12.0. The van der Waals surface area contributed by atoms with Gasteiger partial charge >= 0.3 is 0 Å². The molecule has 1 saturated heterocycles. The van der Waals surface area contributed by atoms with Crippen LogP contribution in [0.4, 0.5) is 0 Å². The molecule has 1 aliphatic heterocycles. The molecule has 4 N–H and O–H groups in total. The van der Waals surface area contributed by atoms with Crippen LogP contribution in [0.3, 0.4) is 0 Å². The van der Waals surface area contributed by atoms with Gasteiger partial charge in [0.1, 0.15) is 23.0 Å². The van der Waals surface area contributed by atoms with Crippen LogP contribution in [0.15, 0.2) is 29.6 Å². The lowest BCUT2D eigenvalue weighted by atomic mass is 10.1. The zero-order chi connectivity index (χ0) is 22.9. The van der Waals surface area contributed by atoms with E-state index in [4.69, 9.17) is 9.47 Å². The Bertz CT molecular complexity index is 803. The van der Waals surface area contributed by atoms with Gasteiger partial charge in [0.25, 0.3) is 0 Å². The monoisotopic (exact) mass is 466 g/mol. The van der Waals surface area contributed by atoms with Gasteiger partial charge in [0, 0.05) is 30.6 Å². The number of aliphatic hydroxyl groups excluding tert-OH is 4. The van der Waals surface area contributed by atoms with Gasteiger partial charge in [-0.25, -0.2) is 4.98 Å². The maximum absolute atomic E-state index is 9.91. The summed E-state index contributed by atoms with van der Waals surface area (Å²) in [6.07, 6.45) is -0.814. The summed E-state index contributed by atoms with van der Waals surface area (Å²) in [4.78, 5) is 6.54. The second kappa shape index (κ2) is 12.6. The Hall–Kier alpha value is -1.59. The minimum atomic E-state index is -1.31. The molecule has 3 rings (SSSR count). The molecule has 1 aliphatic rings. The summed E-state index contributed by atoms with van der Waals surface area (Å²) in [5, 5.41) is 42.3. The lowest BCUT2D eigenvalue weighted by Crippen LogP contribution is -2.43. The number of hydrogen-bond donors (Lipinski definition) is 4. The zero-order valence-corrected chi connectivity index (χ0v) is 19.3. The molecule has 0 radical (unpaired) electrons. The van der Waals surface area contributed by atoms with E-state index in [9.17, 15) is 20.4 Å². The highest BCUT2D eigenvalue weighted by Crippen LogP contribution is 2.27. The van der Waals surface area contributed by atoms with Crippen molar-refractivity contribution in [3.05, 3.63) is 35.3 Å². The molecular formula is C23H34N2O6S. The van der Waals surface area contributed by atoms with E-state index in [2.05, 4.69) is 4.98 Å². The number of ether oxygens (including phenoxy) is 2. The molecule has 0 bridgehead atoms. The Morgan fingerprint density at radius 1 is 1.03 bits per heavy atom. The number of unbranched alkanes of at least 4 members (excludes halogenated alkanes) is 3. The normalized spacial score (nSPS) is 24.4. The van der Waals surface area contributed by atoms with E-state index in [1.807, 2.05) is 34.5 Å². The number of aromatic nitrogens is 1. The van der Waals surface area contributed by atoms with E-state index < -0.39 is 24.4 Å². The van der Waals surface area contributed by atoms with E-state index in [0.29, 0.717) is 19.8 Å². The van der Waals surface area contributed by atoms with Crippen molar-refractivity contribution >= 4 is 11.3 Å². The summed E-state index contributed by atoms with van der Waals surface area (Å²) >= 11 is 1.59. The van der Waals surface area contributed by atoms with E-state index >= 15 is 0 Å². The van der Waals surface area contributed by atoms with Gasteiger partial charge in [-0.1, -0.05) is 25.0 Å². The number of β-amino-alcohol motifs (C(OH)–C–C–N with tert-alkyl or cyclic N) is 2. The first-order chi connectivity index (χ1) is 15.5. The molecule has 1 aromatic heterocycles. The van der Waals surface area contributed by atoms with Crippen molar-refractivity contribution in [2.24, 2.45) is 0 Å². The standard InChI is InChI=1S/C23H34N2O6S/c1-30-18-8-6-7-16(11-18)23-24-17(15-32-23)14-31-10-5-3-2-4-9-25-12-19(26)21(28)22(29)20(27)13-25/h6-8,11,15,19-22,26-29H,2-5,9-10,12-14H2,1H3/t19-,20-,21+,22+/m0/s1. The molecule has 0 spiro atoms. The summed E-state index contributed by atoms with van der Waals surface area (Å²) in [6.45, 7) is 2.38. The van der Waals surface area contributed by atoms with Crippen molar-refractivity contribution in [2.45, 2.75) is 56.7 Å². The Morgan fingerprint density at radius 2 is 1.75 bits per heavy atom. The summed E-state index contributed by atoms with van der Waals surface area (Å²) in [6, 6.07) is 7.86. The zero-order valence-electron chi connectivity index (χ0n) is 18.5. The number of aliphatic hydroxyl groups is 4. The Labute approximate surface area is 193 Å². The van der Waals surface area contributed by atoms with Gasteiger partial charge in [-0.05, 0) is 31.5 Å². The second-order valence-electron chi connectivity index (χ2n) is 8.22. The van der Waals surface area contributed by atoms with Gasteiger partial charge in [-0.3, -0.25) is 4.90 Å². The SMILES string of the molecule is COc1cccc(-c2nc(COCCCCCCN3C[C@H](O)[C@@H](O)[C@H](O)[C@@H](O)C3)cs2)c1. The molecule has 9 heteroatoms. The molecule has 4 atom stereocenters. The van der Waals surface area contributed by atoms with Crippen LogP contribution in [0, 0.1) is 0 Å². The molecule has 2 aromatic rings. The molecule has 32 heavy (non-hydrogen) atoms. The van der Waals surface area contributed by atoms with Crippen LogP contribution in [0.5, 0.6) is 5.75 Å². The average molecular weight is 467 g/mol. The molecule has 2 heterocycles. The Morgan fingerprint density at radius 3 is 2.47 bits per heavy atom. The number of benzene rings is 1. The fraction of sp³-hybridized carbons (Fsp3) is 0.609. The third-order valence-corrected chi connectivity index (χ3v) is 6.60. The molecule has 1 aromatic carbocycles. The van der Waals surface area contributed by atoms with Gasteiger partial charge in [-0.2, -0.15) is 0 Å². The average Bonchev–Trinajstić information content (AvgIpc) is 3.25. The highest BCUT2D eigenvalue weighted by molar-refractivity contribution is 7.13. The molecule has 0 unspecified atom stereocenters. The summed E-state index contributed by atoms with van der Waals surface area (Å²) in [7, 11) is 1.65. The van der Waals surface area contributed by atoms with Crippen molar-refractivity contribution < 1.29 is 29.9 Å². The molecular weight excluding hydrogens is 432 g/mol. The Kier molecular flexibility index (Phi) is 9.86. The summed E-state index contributed by atoms with van der Waals surface area (Å²) in [5.41, 5.74) is 1.96. The largest absolute Gasteiger partial charge is 0.497 e. The lowest BCUT2D eigenvalue weighted by molar-refractivity contribution is -0.0894. The van der Waals surface area contributed by atoms with Crippen LogP contribution < -0.4 is 4.74 Å². The van der Waals surface area contributed by atoms with Gasteiger partial charge in [-0.15, -0.1) is 11.3 Å². The summed E-state index contributed by atoms with van der Waals surface area (Å²) < 4.78 is 11.0. The number of likely N-dealkylation sites (tertiary alicyclic amines) is 1. The number of methoxy groups -OCH3 is 1. The van der Waals surface area contributed by atoms with Gasteiger partial charge in [0.05, 0.1) is 31.6 Å². The van der Waals surface area contributed by atoms with Crippen molar-refractivity contribution in [1.29, 1.82) is 0 Å². The smallest absolute Gasteiger partial charge is 0.123 e. The van der Waals surface area contributed by atoms with E-state index in [-0.39, 0.29) is 13.1 Å². The minimum absolute atomic E-state index is 0.254. The van der Waals surface area contributed by atoms with Crippen LogP contribution in [0.1, 0.15) is 31.4 Å². The number of nitrogens with zero attached hydrogens (tertiary/aromatic N) is 2. The minimum Gasteiger partial charge on any atom is -0.497 e. The van der Waals surface area contributed by atoms with Crippen LogP contribution >= 0.6 is 11.3 Å². The highest BCUT2D eigenvalue weighted by Gasteiger charge is 2.35. The van der Waals surface area contributed by atoms with Gasteiger partial charge < -0.3 is 29.9 Å². The molecule has 8 nitrogen and oxygen atoms in total. The van der Waals surface area contributed by atoms with Gasteiger partial charge in [0.15, 0.2) is 0 Å². The summed E-state index contributed by atoms with van der Waals surface area (Å²) in [5.74, 6) is 0.814. The van der Waals surface area contributed by atoms with Crippen LogP contribution in [0.2, 0.25) is 0 Å². The third kappa shape index (κ3) is 7.21. The topological polar surface area (TPSA) is 116 Å². The molecule has 0 saturated carbocycles. The lowest BCUT2D eigenvalue weighted by Gasteiger charge is -2.23. The van der Waals surface area contributed by atoms with E-state index in [0.717, 1.165) is 47.7 Å². The van der Waals surface area contributed by atoms with E-state index in [1.165, 1.54) is 0 Å². The molecule has 0 amide bonds. The quantitative estimate of drug-likeness (QED) is 0.370. The Balaban J connectivity index is 1.28. The number of hydrogen-bond acceptors (Lipinski definition) is 9. The first-order valence-electron chi connectivity index (χ1n) is 11.1. The fourth-order valence-corrected chi connectivity index (χ4v) is 4.59.